The molecular weight excluding hydrogens is 297 g/mol. The third-order valence-corrected chi connectivity index (χ3v) is 3.52. The van der Waals surface area contributed by atoms with Crippen molar-refractivity contribution < 1.29 is 13.9 Å². The van der Waals surface area contributed by atoms with E-state index in [1.54, 1.807) is 6.07 Å². The molecule has 0 unspecified atom stereocenters. The number of nitrogens with one attached hydrogen (secondary N) is 1. The Morgan fingerprint density at radius 3 is 2.61 bits per heavy atom. The van der Waals surface area contributed by atoms with Crippen molar-refractivity contribution in [3.05, 3.63) is 81.4 Å². The normalized spacial score (nSPS) is 10.7. The number of halogens is 1. The number of aromatic amines is 1. The SMILES string of the molecule is Cc1ccc2cc(COC(=O)c3ccc(F)cc3)c(=O)[nH]c2c1. The van der Waals surface area contributed by atoms with Gasteiger partial charge in [-0.15, -0.1) is 0 Å². The number of rotatable bonds is 3. The first-order valence-corrected chi connectivity index (χ1v) is 7.08. The average Bonchev–Trinajstić information content (AvgIpc) is 2.53. The molecule has 0 bridgehead atoms. The highest BCUT2D eigenvalue weighted by Crippen LogP contribution is 2.14. The highest BCUT2D eigenvalue weighted by molar-refractivity contribution is 5.89. The molecule has 0 aliphatic heterocycles. The first-order valence-electron chi connectivity index (χ1n) is 7.08. The smallest absolute Gasteiger partial charge is 0.338 e. The number of ether oxygens (including phenoxy) is 1. The lowest BCUT2D eigenvalue weighted by atomic mass is 10.1. The van der Waals surface area contributed by atoms with Crippen molar-refractivity contribution in [2.75, 3.05) is 0 Å². The minimum atomic E-state index is -0.603. The number of aryl methyl sites for hydroxylation is 1. The molecule has 0 aliphatic rings. The number of esters is 1. The molecule has 0 radical (unpaired) electrons. The summed E-state index contributed by atoms with van der Waals surface area (Å²) in [6, 6.07) is 12.5. The summed E-state index contributed by atoms with van der Waals surface area (Å²) < 4.78 is 18.0. The van der Waals surface area contributed by atoms with Crippen molar-refractivity contribution in [3.8, 4) is 0 Å². The second-order valence-electron chi connectivity index (χ2n) is 5.30. The number of benzene rings is 2. The molecule has 23 heavy (non-hydrogen) atoms. The monoisotopic (exact) mass is 311 g/mol. The molecular formula is C18H14FNO3. The highest BCUT2D eigenvalue weighted by Gasteiger charge is 2.10. The van der Waals surface area contributed by atoms with Gasteiger partial charge in [0.15, 0.2) is 0 Å². The minimum absolute atomic E-state index is 0.143. The van der Waals surface area contributed by atoms with Crippen molar-refractivity contribution >= 4 is 16.9 Å². The molecule has 0 aliphatic carbocycles. The van der Waals surface area contributed by atoms with Gasteiger partial charge in [0.25, 0.3) is 5.56 Å². The van der Waals surface area contributed by atoms with Gasteiger partial charge < -0.3 is 9.72 Å². The molecule has 0 saturated heterocycles. The largest absolute Gasteiger partial charge is 0.457 e. The fourth-order valence-corrected chi connectivity index (χ4v) is 2.28. The third kappa shape index (κ3) is 3.29. The molecule has 0 atom stereocenters. The van der Waals surface area contributed by atoms with E-state index in [2.05, 4.69) is 4.98 Å². The van der Waals surface area contributed by atoms with E-state index in [1.807, 2.05) is 25.1 Å². The van der Waals surface area contributed by atoms with Crippen molar-refractivity contribution in [1.29, 1.82) is 0 Å². The Morgan fingerprint density at radius 2 is 1.87 bits per heavy atom. The summed E-state index contributed by atoms with van der Waals surface area (Å²) in [5, 5.41) is 0.864. The summed E-state index contributed by atoms with van der Waals surface area (Å²) in [5.74, 6) is -1.03. The maximum atomic E-state index is 12.8. The Morgan fingerprint density at radius 1 is 1.13 bits per heavy atom. The number of carbonyl (C=O) groups excluding carboxylic acids is 1. The zero-order valence-corrected chi connectivity index (χ0v) is 12.4. The fourth-order valence-electron chi connectivity index (χ4n) is 2.28. The zero-order chi connectivity index (χ0) is 16.4. The Hall–Kier alpha value is -2.95. The van der Waals surface area contributed by atoms with E-state index in [4.69, 9.17) is 4.74 Å². The first-order chi connectivity index (χ1) is 11.0. The zero-order valence-electron chi connectivity index (χ0n) is 12.4. The molecule has 3 aromatic rings. The van der Waals surface area contributed by atoms with Gasteiger partial charge >= 0.3 is 5.97 Å². The molecule has 1 N–H and O–H groups in total. The van der Waals surface area contributed by atoms with Crippen LogP contribution in [0.5, 0.6) is 0 Å². The van der Waals surface area contributed by atoms with E-state index in [0.717, 1.165) is 16.5 Å². The van der Waals surface area contributed by atoms with E-state index in [9.17, 15) is 14.0 Å². The summed E-state index contributed by atoms with van der Waals surface area (Å²) in [4.78, 5) is 26.7. The Bertz CT molecular complexity index is 929. The van der Waals surface area contributed by atoms with Gasteiger partial charge in [-0.1, -0.05) is 12.1 Å². The molecule has 0 amide bonds. The van der Waals surface area contributed by atoms with E-state index in [1.165, 1.54) is 24.3 Å². The van der Waals surface area contributed by atoms with Crippen LogP contribution in [0, 0.1) is 12.7 Å². The molecule has 2 aromatic carbocycles. The first kappa shape index (κ1) is 15.0. The van der Waals surface area contributed by atoms with Crippen LogP contribution in [-0.2, 0) is 11.3 Å². The van der Waals surface area contributed by atoms with Crippen LogP contribution < -0.4 is 5.56 Å². The summed E-state index contributed by atoms with van der Waals surface area (Å²) >= 11 is 0. The van der Waals surface area contributed by atoms with E-state index < -0.39 is 11.8 Å². The molecule has 0 saturated carbocycles. The lowest BCUT2D eigenvalue weighted by Crippen LogP contribution is -2.15. The van der Waals surface area contributed by atoms with E-state index in [0.29, 0.717) is 5.56 Å². The van der Waals surface area contributed by atoms with Gasteiger partial charge in [-0.2, -0.15) is 0 Å². The van der Waals surface area contributed by atoms with Gasteiger partial charge in [-0.05, 0) is 54.3 Å². The predicted molar refractivity (Wildman–Crippen MR) is 84.8 cm³/mol. The van der Waals surface area contributed by atoms with E-state index >= 15 is 0 Å². The molecule has 1 aromatic heterocycles. The van der Waals surface area contributed by atoms with Crippen molar-refractivity contribution in [1.82, 2.24) is 4.98 Å². The van der Waals surface area contributed by atoms with Gasteiger partial charge in [-0.25, -0.2) is 9.18 Å². The van der Waals surface area contributed by atoms with Crippen LogP contribution in [0.25, 0.3) is 10.9 Å². The second-order valence-corrected chi connectivity index (χ2v) is 5.30. The number of pyridine rings is 1. The number of hydrogen-bond acceptors (Lipinski definition) is 3. The third-order valence-electron chi connectivity index (χ3n) is 3.52. The van der Waals surface area contributed by atoms with E-state index in [-0.39, 0.29) is 17.7 Å². The van der Waals surface area contributed by atoms with Crippen LogP contribution in [-0.4, -0.2) is 11.0 Å². The van der Waals surface area contributed by atoms with Crippen molar-refractivity contribution in [2.24, 2.45) is 0 Å². The molecule has 3 rings (SSSR count). The summed E-state index contributed by atoms with van der Waals surface area (Å²) in [5.41, 5.74) is 2.08. The van der Waals surface area contributed by atoms with Crippen LogP contribution in [0.4, 0.5) is 4.39 Å². The summed E-state index contributed by atoms with van der Waals surface area (Å²) in [6.07, 6.45) is 0. The Labute approximate surface area is 131 Å². The maximum Gasteiger partial charge on any atom is 0.338 e. The average molecular weight is 311 g/mol. The quantitative estimate of drug-likeness (QED) is 0.755. The summed E-state index contributed by atoms with van der Waals surface area (Å²) in [6.45, 7) is 1.80. The number of carbonyl (C=O) groups is 1. The molecule has 116 valence electrons. The highest BCUT2D eigenvalue weighted by atomic mass is 19.1. The van der Waals surface area contributed by atoms with Crippen LogP contribution in [0.1, 0.15) is 21.5 Å². The standard InChI is InChI=1S/C18H14FNO3/c1-11-2-3-13-9-14(17(21)20-16(13)8-11)10-23-18(22)12-4-6-15(19)7-5-12/h2-9H,10H2,1H3,(H,20,21). The van der Waals surface area contributed by atoms with Gasteiger partial charge in [0.1, 0.15) is 12.4 Å². The minimum Gasteiger partial charge on any atom is -0.457 e. The Kier molecular flexibility index (Phi) is 3.93. The molecule has 0 spiro atoms. The molecule has 1 heterocycles. The molecule has 5 heteroatoms. The molecule has 0 fully saturated rings. The van der Waals surface area contributed by atoms with Gasteiger partial charge in [-0.3, -0.25) is 4.79 Å². The van der Waals surface area contributed by atoms with Crippen molar-refractivity contribution in [3.63, 3.8) is 0 Å². The van der Waals surface area contributed by atoms with Gasteiger partial charge in [0, 0.05) is 5.52 Å². The molecule has 4 nitrogen and oxygen atoms in total. The number of aromatic nitrogens is 1. The maximum absolute atomic E-state index is 12.8. The number of hydrogen-bond donors (Lipinski definition) is 1. The lowest BCUT2D eigenvalue weighted by molar-refractivity contribution is 0.0471. The topological polar surface area (TPSA) is 59.2 Å². The number of fused-ring (bicyclic) bond motifs is 1. The van der Waals surface area contributed by atoms with Gasteiger partial charge in [0.2, 0.25) is 0 Å². The lowest BCUT2D eigenvalue weighted by Gasteiger charge is -2.06. The van der Waals surface area contributed by atoms with Crippen molar-refractivity contribution in [2.45, 2.75) is 13.5 Å². The van der Waals surface area contributed by atoms with Crippen LogP contribution in [0.2, 0.25) is 0 Å². The fraction of sp³-hybridized carbons (Fsp3) is 0.111. The summed E-state index contributed by atoms with van der Waals surface area (Å²) in [7, 11) is 0. The predicted octanol–water partition coefficient (Wildman–Crippen LogP) is 3.33. The van der Waals surface area contributed by atoms with Gasteiger partial charge in [0.05, 0.1) is 11.1 Å². The Balaban J connectivity index is 1.80. The van der Waals surface area contributed by atoms with Crippen LogP contribution >= 0.6 is 0 Å². The second kappa shape index (κ2) is 6.04. The van der Waals surface area contributed by atoms with Crippen LogP contribution in [0.15, 0.2) is 53.3 Å². The van der Waals surface area contributed by atoms with Crippen LogP contribution in [0.3, 0.4) is 0 Å². The number of H-pyrrole nitrogens is 1.